The molecule has 1 aromatic rings. The standard InChI is InChI=1S/C16H20N2O2S/c17-11-13-5-7-14(8-6-13)18-16(19)4-2-10-21-12-15-3-1-9-20-15/h5-8,15H,1-4,9-10,12H2,(H,18,19). The Morgan fingerprint density at radius 2 is 2.24 bits per heavy atom. The van der Waals surface area contributed by atoms with Crippen LogP contribution < -0.4 is 5.32 Å². The second-order valence-electron chi connectivity index (χ2n) is 5.05. The van der Waals surface area contributed by atoms with Gasteiger partial charge in [-0.05, 0) is 49.3 Å². The van der Waals surface area contributed by atoms with Gasteiger partial charge in [-0.3, -0.25) is 4.79 Å². The zero-order valence-corrected chi connectivity index (χ0v) is 12.8. The van der Waals surface area contributed by atoms with Crippen LogP contribution in [-0.2, 0) is 9.53 Å². The first-order chi connectivity index (χ1) is 10.3. The third-order valence-corrected chi connectivity index (χ3v) is 4.50. The largest absolute Gasteiger partial charge is 0.377 e. The molecule has 1 heterocycles. The first-order valence-electron chi connectivity index (χ1n) is 7.27. The van der Waals surface area contributed by atoms with Crippen molar-refractivity contribution in [3.8, 4) is 6.07 Å². The van der Waals surface area contributed by atoms with E-state index in [9.17, 15) is 4.79 Å². The molecular formula is C16H20N2O2S. The van der Waals surface area contributed by atoms with E-state index in [1.54, 1.807) is 24.3 Å². The number of carbonyl (C=O) groups is 1. The Kier molecular flexibility index (Phi) is 6.58. The van der Waals surface area contributed by atoms with Crippen molar-refractivity contribution in [3.63, 3.8) is 0 Å². The lowest BCUT2D eigenvalue weighted by atomic mass is 10.2. The molecule has 21 heavy (non-hydrogen) atoms. The smallest absolute Gasteiger partial charge is 0.224 e. The Balaban J connectivity index is 1.57. The van der Waals surface area contributed by atoms with Gasteiger partial charge in [-0.2, -0.15) is 17.0 Å². The maximum Gasteiger partial charge on any atom is 0.224 e. The lowest BCUT2D eigenvalue weighted by molar-refractivity contribution is -0.116. The van der Waals surface area contributed by atoms with Crippen LogP contribution in [0.3, 0.4) is 0 Å². The number of anilines is 1. The minimum atomic E-state index is 0.0254. The van der Waals surface area contributed by atoms with E-state index in [1.807, 2.05) is 11.8 Å². The van der Waals surface area contributed by atoms with E-state index in [1.165, 1.54) is 12.8 Å². The van der Waals surface area contributed by atoms with Crippen molar-refractivity contribution in [2.45, 2.75) is 31.8 Å². The number of hydrogen-bond acceptors (Lipinski definition) is 4. The fraction of sp³-hybridized carbons (Fsp3) is 0.500. The van der Waals surface area contributed by atoms with Gasteiger partial charge in [0.15, 0.2) is 0 Å². The molecule has 1 unspecified atom stereocenters. The summed E-state index contributed by atoms with van der Waals surface area (Å²) in [6.45, 7) is 0.901. The summed E-state index contributed by atoms with van der Waals surface area (Å²) >= 11 is 1.86. The lowest BCUT2D eigenvalue weighted by Crippen LogP contribution is -2.12. The summed E-state index contributed by atoms with van der Waals surface area (Å²) in [6.07, 6.45) is 4.17. The number of nitrogens with zero attached hydrogens (tertiary/aromatic N) is 1. The minimum Gasteiger partial charge on any atom is -0.377 e. The first kappa shape index (κ1) is 15.9. The Labute approximate surface area is 129 Å². The fourth-order valence-corrected chi connectivity index (χ4v) is 3.22. The van der Waals surface area contributed by atoms with Crippen LogP contribution in [0.15, 0.2) is 24.3 Å². The third-order valence-electron chi connectivity index (χ3n) is 3.32. The number of nitriles is 1. The van der Waals surface area contributed by atoms with Crippen molar-refractivity contribution in [1.82, 2.24) is 0 Å². The molecule has 1 fully saturated rings. The zero-order chi connectivity index (χ0) is 14.9. The van der Waals surface area contributed by atoms with Gasteiger partial charge in [0.1, 0.15) is 0 Å². The molecule has 0 spiro atoms. The van der Waals surface area contributed by atoms with E-state index in [2.05, 4.69) is 11.4 Å². The van der Waals surface area contributed by atoms with Crippen molar-refractivity contribution >= 4 is 23.4 Å². The Hall–Kier alpha value is -1.51. The summed E-state index contributed by atoms with van der Waals surface area (Å²) in [6, 6.07) is 8.96. The van der Waals surface area contributed by atoms with Gasteiger partial charge in [0.05, 0.1) is 17.7 Å². The molecule has 0 bridgehead atoms. The molecule has 1 saturated heterocycles. The molecule has 2 rings (SSSR count). The van der Waals surface area contributed by atoms with Crippen LogP contribution in [-0.4, -0.2) is 30.1 Å². The number of hydrogen-bond donors (Lipinski definition) is 1. The molecule has 0 aromatic heterocycles. The summed E-state index contributed by atoms with van der Waals surface area (Å²) in [4.78, 5) is 11.8. The van der Waals surface area contributed by atoms with Crippen molar-refractivity contribution < 1.29 is 9.53 Å². The summed E-state index contributed by atoms with van der Waals surface area (Å²) < 4.78 is 5.56. The molecule has 1 N–H and O–H groups in total. The maximum atomic E-state index is 11.8. The topological polar surface area (TPSA) is 62.1 Å². The predicted octanol–water partition coefficient (Wildman–Crippen LogP) is 3.19. The highest BCUT2D eigenvalue weighted by Gasteiger charge is 2.14. The van der Waals surface area contributed by atoms with E-state index in [4.69, 9.17) is 10.00 Å². The van der Waals surface area contributed by atoms with Gasteiger partial charge in [-0.25, -0.2) is 0 Å². The minimum absolute atomic E-state index is 0.0254. The van der Waals surface area contributed by atoms with Crippen molar-refractivity contribution in [2.24, 2.45) is 0 Å². The molecule has 0 aliphatic carbocycles. The van der Waals surface area contributed by atoms with Crippen LogP contribution in [0.2, 0.25) is 0 Å². The first-order valence-corrected chi connectivity index (χ1v) is 8.43. The van der Waals surface area contributed by atoms with Crippen LogP contribution >= 0.6 is 11.8 Å². The average molecular weight is 304 g/mol. The quantitative estimate of drug-likeness (QED) is 0.786. The summed E-state index contributed by atoms with van der Waals surface area (Å²) in [5, 5.41) is 11.5. The number of amides is 1. The molecule has 5 heteroatoms. The van der Waals surface area contributed by atoms with E-state index in [-0.39, 0.29) is 5.91 Å². The normalized spacial score (nSPS) is 17.4. The zero-order valence-electron chi connectivity index (χ0n) is 12.0. The van der Waals surface area contributed by atoms with Gasteiger partial charge in [0.25, 0.3) is 0 Å². The van der Waals surface area contributed by atoms with E-state index < -0.39 is 0 Å². The number of thioether (sulfide) groups is 1. The summed E-state index contributed by atoms with van der Waals surface area (Å²) in [7, 11) is 0. The number of nitrogens with one attached hydrogen (secondary N) is 1. The van der Waals surface area contributed by atoms with E-state index >= 15 is 0 Å². The molecule has 1 aliphatic rings. The van der Waals surface area contributed by atoms with Gasteiger partial charge >= 0.3 is 0 Å². The molecular weight excluding hydrogens is 284 g/mol. The lowest BCUT2D eigenvalue weighted by Gasteiger charge is -2.08. The van der Waals surface area contributed by atoms with Crippen LogP contribution in [0.1, 0.15) is 31.2 Å². The van der Waals surface area contributed by atoms with Crippen LogP contribution in [0.5, 0.6) is 0 Å². The molecule has 4 nitrogen and oxygen atoms in total. The number of ether oxygens (including phenoxy) is 1. The Morgan fingerprint density at radius 1 is 1.43 bits per heavy atom. The highest BCUT2D eigenvalue weighted by Crippen LogP contribution is 2.18. The van der Waals surface area contributed by atoms with Crippen LogP contribution in [0.4, 0.5) is 5.69 Å². The van der Waals surface area contributed by atoms with Gasteiger partial charge < -0.3 is 10.1 Å². The van der Waals surface area contributed by atoms with Gasteiger partial charge in [0.2, 0.25) is 5.91 Å². The Morgan fingerprint density at radius 3 is 2.90 bits per heavy atom. The predicted molar refractivity (Wildman–Crippen MR) is 85.3 cm³/mol. The highest BCUT2D eigenvalue weighted by molar-refractivity contribution is 7.99. The monoisotopic (exact) mass is 304 g/mol. The molecule has 0 saturated carbocycles. The molecule has 112 valence electrons. The summed E-state index contributed by atoms with van der Waals surface area (Å²) in [5.74, 6) is 2.05. The maximum absolute atomic E-state index is 11.8. The number of carbonyl (C=O) groups excluding carboxylic acids is 1. The van der Waals surface area contributed by atoms with Crippen molar-refractivity contribution in [3.05, 3.63) is 29.8 Å². The molecule has 1 aromatic carbocycles. The van der Waals surface area contributed by atoms with Crippen molar-refractivity contribution in [1.29, 1.82) is 5.26 Å². The van der Waals surface area contributed by atoms with E-state index in [0.29, 0.717) is 18.1 Å². The highest BCUT2D eigenvalue weighted by atomic mass is 32.2. The Bertz CT molecular complexity index is 490. The second-order valence-corrected chi connectivity index (χ2v) is 6.20. The van der Waals surface area contributed by atoms with Gasteiger partial charge in [-0.15, -0.1) is 0 Å². The third kappa shape index (κ3) is 5.78. The molecule has 1 amide bonds. The SMILES string of the molecule is N#Cc1ccc(NC(=O)CCCSCC2CCCO2)cc1. The van der Waals surface area contributed by atoms with Gasteiger partial charge in [-0.1, -0.05) is 0 Å². The number of rotatable bonds is 7. The molecule has 1 aliphatic heterocycles. The summed E-state index contributed by atoms with van der Waals surface area (Å²) in [5.41, 5.74) is 1.34. The van der Waals surface area contributed by atoms with Crippen LogP contribution in [0.25, 0.3) is 0 Å². The second kappa shape index (κ2) is 8.71. The molecule has 0 radical (unpaired) electrons. The number of benzene rings is 1. The fourth-order valence-electron chi connectivity index (χ4n) is 2.18. The van der Waals surface area contributed by atoms with E-state index in [0.717, 1.165) is 30.2 Å². The average Bonchev–Trinajstić information content (AvgIpc) is 3.01. The molecule has 1 atom stereocenters. The van der Waals surface area contributed by atoms with Crippen molar-refractivity contribution in [2.75, 3.05) is 23.4 Å². The van der Waals surface area contributed by atoms with Crippen LogP contribution in [0, 0.1) is 11.3 Å². The van der Waals surface area contributed by atoms with Gasteiger partial charge in [0, 0.05) is 24.5 Å².